The van der Waals surface area contributed by atoms with E-state index in [0.717, 1.165) is 16.7 Å². The molecule has 20 heavy (non-hydrogen) atoms. The minimum absolute atomic E-state index is 0.0573. The molecule has 0 atom stereocenters. The van der Waals surface area contributed by atoms with Gasteiger partial charge >= 0.3 is 0 Å². The van der Waals surface area contributed by atoms with Crippen LogP contribution in [0.4, 0.5) is 0 Å². The smallest absolute Gasteiger partial charge is 0.234 e. The Morgan fingerprint density at radius 2 is 1.35 bits per heavy atom. The van der Waals surface area contributed by atoms with Gasteiger partial charge in [0.1, 0.15) is 0 Å². The van der Waals surface area contributed by atoms with Crippen LogP contribution in [0.25, 0.3) is 11.1 Å². The lowest BCUT2D eigenvalue weighted by atomic mass is 9.81. The van der Waals surface area contributed by atoms with Gasteiger partial charge in [-0.05, 0) is 23.1 Å². The summed E-state index contributed by atoms with van der Waals surface area (Å²) in [5.74, 6) is -0.895. The normalized spacial score (nSPS) is 15.9. The quantitative estimate of drug-likeness (QED) is 0.686. The summed E-state index contributed by atoms with van der Waals surface area (Å²) in [4.78, 5) is 36.4. The molecule has 0 aromatic heterocycles. The monoisotopic (exact) mass is 262 g/mol. The van der Waals surface area contributed by atoms with E-state index in [-0.39, 0.29) is 5.78 Å². The third-order valence-electron chi connectivity index (χ3n) is 4.11. The summed E-state index contributed by atoms with van der Waals surface area (Å²) in [6.07, 6.45) is 0.980. The van der Waals surface area contributed by atoms with E-state index in [2.05, 4.69) is 0 Å². The van der Waals surface area contributed by atoms with Crippen LogP contribution in [0.3, 0.4) is 0 Å². The van der Waals surface area contributed by atoms with Crippen molar-refractivity contribution in [1.29, 1.82) is 0 Å². The molecule has 2 aliphatic carbocycles. The maximum Gasteiger partial charge on any atom is 0.234 e. The molecule has 0 fully saturated rings. The van der Waals surface area contributed by atoms with E-state index in [1.165, 1.54) is 0 Å². The molecule has 0 N–H and O–H groups in total. The molecule has 3 nitrogen and oxygen atoms in total. The van der Waals surface area contributed by atoms with Crippen LogP contribution < -0.4 is 0 Å². The predicted molar refractivity (Wildman–Crippen MR) is 73.2 cm³/mol. The molecule has 3 heteroatoms. The predicted octanol–water partition coefficient (Wildman–Crippen LogP) is 2.86. The first-order chi connectivity index (χ1) is 9.68. The number of carbonyl (C=O) groups is 3. The Kier molecular flexibility index (Phi) is 2.11. The standard InChI is InChI=1S/C17H10O3/c18-14-8-7-12-10(14)5-6-11-9-3-1-2-4-13(9)16(19)17(20)15(11)12/h1-6H,7-8H2. The van der Waals surface area contributed by atoms with Crippen molar-refractivity contribution in [1.82, 2.24) is 0 Å². The Balaban J connectivity index is 2.11. The zero-order valence-electron chi connectivity index (χ0n) is 10.6. The molecular weight excluding hydrogens is 252 g/mol. The highest BCUT2D eigenvalue weighted by molar-refractivity contribution is 6.53. The fourth-order valence-corrected chi connectivity index (χ4v) is 3.18. The summed E-state index contributed by atoms with van der Waals surface area (Å²) in [6.45, 7) is 0. The second-order valence-corrected chi connectivity index (χ2v) is 5.14. The van der Waals surface area contributed by atoms with Crippen LogP contribution in [-0.4, -0.2) is 17.3 Å². The Bertz CT molecular complexity index is 815. The van der Waals surface area contributed by atoms with Gasteiger partial charge in [-0.25, -0.2) is 0 Å². The summed E-state index contributed by atoms with van der Waals surface area (Å²) >= 11 is 0. The number of ketones is 3. The number of rotatable bonds is 0. The highest BCUT2D eigenvalue weighted by Gasteiger charge is 2.35. The maximum absolute atomic E-state index is 12.4. The van der Waals surface area contributed by atoms with E-state index in [1.807, 2.05) is 12.1 Å². The molecule has 4 rings (SSSR count). The lowest BCUT2D eigenvalue weighted by Crippen LogP contribution is -2.23. The third-order valence-corrected chi connectivity index (χ3v) is 4.11. The molecule has 0 spiro atoms. The third kappa shape index (κ3) is 1.27. The van der Waals surface area contributed by atoms with E-state index in [9.17, 15) is 14.4 Å². The SMILES string of the molecule is O=C1C(=O)c2c(ccc3c2CCC3=O)-c2ccccc21. The van der Waals surface area contributed by atoms with Gasteiger partial charge in [-0.3, -0.25) is 14.4 Å². The summed E-state index contributed by atoms with van der Waals surface area (Å²) in [6, 6.07) is 10.7. The molecule has 0 radical (unpaired) electrons. The summed E-state index contributed by atoms with van der Waals surface area (Å²) < 4.78 is 0. The van der Waals surface area contributed by atoms with Crippen LogP contribution in [0.2, 0.25) is 0 Å². The number of hydrogen-bond donors (Lipinski definition) is 0. The molecular formula is C17H10O3. The Morgan fingerprint density at radius 3 is 2.15 bits per heavy atom. The topological polar surface area (TPSA) is 51.2 Å². The highest BCUT2D eigenvalue weighted by Crippen LogP contribution is 2.38. The van der Waals surface area contributed by atoms with Crippen molar-refractivity contribution >= 4 is 17.3 Å². The van der Waals surface area contributed by atoms with Crippen molar-refractivity contribution in [3.63, 3.8) is 0 Å². The van der Waals surface area contributed by atoms with Crippen molar-refractivity contribution in [2.24, 2.45) is 0 Å². The van der Waals surface area contributed by atoms with E-state index >= 15 is 0 Å². The van der Waals surface area contributed by atoms with E-state index in [1.54, 1.807) is 24.3 Å². The molecule has 2 aliphatic rings. The minimum Gasteiger partial charge on any atom is -0.294 e. The van der Waals surface area contributed by atoms with Crippen LogP contribution in [0, 0.1) is 0 Å². The Labute approximate surface area is 115 Å². The van der Waals surface area contributed by atoms with E-state index < -0.39 is 11.6 Å². The second-order valence-electron chi connectivity index (χ2n) is 5.14. The Morgan fingerprint density at radius 1 is 0.650 bits per heavy atom. The molecule has 0 bridgehead atoms. The van der Waals surface area contributed by atoms with Crippen molar-refractivity contribution in [2.75, 3.05) is 0 Å². The van der Waals surface area contributed by atoms with Crippen molar-refractivity contribution < 1.29 is 14.4 Å². The van der Waals surface area contributed by atoms with Crippen LogP contribution in [0.1, 0.15) is 43.1 Å². The molecule has 0 saturated carbocycles. The van der Waals surface area contributed by atoms with Crippen LogP contribution >= 0.6 is 0 Å². The fraction of sp³-hybridized carbons (Fsp3) is 0.118. The second kappa shape index (κ2) is 3.73. The maximum atomic E-state index is 12.4. The molecule has 0 aliphatic heterocycles. The summed E-state index contributed by atoms with van der Waals surface area (Å²) in [5.41, 5.74) is 3.81. The lowest BCUT2D eigenvalue weighted by Gasteiger charge is -2.20. The highest BCUT2D eigenvalue weighted by atomic mass is 16.2. The number of carbonyl (C=O) groups excluding carboxylic acids is 3. The van der Waals surface area contributed by atoms with Gasteiger partial charge in [0.25, 0.3) is 0 Å². The molecule has 2 aromatic carbocycles. The molecule has 2 aromatic rings. The first kappa shape index (κ1) is 11.3. The van der Waals surface area contributed by atoms with Gasteiger partial charge in [0, 0.05) is 23.1 Å². The van der Waals surface area contributed by atoms with Crippen LogP contribution in [-0.2, 0) is 6.42 Å². The number of Topliss-reactive ketones (excluding diaryl/α,β-unsaturated/α-hetero) is 3. The van der Waals surface area contributed by atoms with Crippen molar-refractivity contribution in [3.05, 3.63) is 58.7 Å². The molecule has 0 unspecified atom stereocenters. The van der Waals surface area contributed by atoms with Crippen LogP contribution in [0.15, 0.2) is 36.4 Å². The first-order valence-corrected chi connectivity index (χ1v) is 6.56. The fourth-order valence-electron chi connectivity index (χ4n) is 3.18. The van der Waals surface area contributed by atoms with Crippen LogP contribution in [0.5, 0.6) is 0 Å². The van der Waals surface area contributed by atoms with Gasteiger partial charge in [-0.2, -0.15) is 0 Å². The van der Waals surface area contributed by atoms with Gasteiger partial charge in [0.2, 0.25) is 11.6 Å². The van der Waals surface area contributed by atoms with Crippen molar-refractivity contribution in [3.8, 4) is 11.1 Å². The van der Waals surface area contributed by atoms with E-state index in [4.69, 9.17) is 0 Å². The van der Waals surface area contributed by atoms with Gasteiger partial charge in [-0.1, -0.05) is 36.4 Å². The largest absolute Gasteiger partial charge is 0.294 e. The average molecular weight is 262 g/mol. The van der Waals surface area contributed by atoms with Gasteiger partial charge in [0.15, 0.2) is 5.78 Å². The molecule has 0 amide bonds. The molecule has 0 heterocycles. The van der Waals surface area contributed by atoms with Crippen molar-refractivity contribution in [2.45, 2.75) is 12.8 Å². The van der Waals surface area contributed by atoms with Gasteiger partial charge < -0.3 is 0 Å². The van der Waals surface area contributed by atoms with Gasteiger partial charge in [0.05, 0.1) is 0 Å². The number of hydrogen-bond acceptors (Lipinski definition) is 3. The average Bonchev–Trinajstić information content (AvgIpc) is 2.86. The first-order valence-electron chi connectivity index (χ1n) is 6.56. The Hall–Kier alpha value is -2.55. The van der Waals surface area contributed by atoms with E-state index in [0.29, 0.717) is 29.5 Å². The number of benzene rings is 2. The lowest BCUT2D eigenvalue weighted by molar-refractivity contribution is 0.0815. The molecule has 0 saturated heterocycles. The summed E-state index contributed by atoms with van der Waals surface area (Å²) in [7, 11) is 0. The van der Waals surface area contributed by atoms with Gasteiger partial charge in [-0.15, -0.1) is 0 Å². The minimum atomic E-state index is -0.481. The number of fused-ring (bicyclic) bond motifs is 5. The zero-order valence-corrected chi connectivity index (χ0v) is 10.6. The zero-order chi connectivity index (χ0) is 13.9. The molecule has 96 valence electrons. The summed E-state index contributed by atoms with van der Waals surface area (Å²) in [5, 5.41) is 0.